The van der Waals surface area contributed by atoms with Gasteiger partial charge in [-0.25, -0.2) is 4.79 Å². The molecule has 0 fully saturated rings. The lowest BCUT2D eigenvalue weighted by atomic mass is 10.1. The predicted molar refractivity (Wildman–Crippen MR) is 107 cm³/mol. The minimum Gasteiger partial charge on any atom is -0.506 e. The SMILES string of the molecule is C=C/C(=C\C)N(c1ccccc1)c1ccc2c(O)c(C(=O)C(F)(F)F)c(=O)oc2c1. The fourth-order valence-corrected chi connectivity index (χ4v) is 3.02. The van der Waals surface area contributed by atoms with E-state index in [4.69, 9.17) is 4.42 Å². The predicted octanol–water partition coefficient (Wildman–Crippen LogP) is 5.47. The molecule has 0 bridgehead atoms. The second-order valence-corrected chi connectivity index (χ2v) is 6.21. The topological polar surface area (TPSA) is 70.8 Å². The van der Waals surface area contributed by atoms with Crippen molar-refractivity contribution in [1.29, 1.82) is 0 Å². The van der Waals surface area contributed by atoms with Gasteiger partial charge >= 0.3 is 11.8 Å². The highest BCUT2D eigenvalue weighted by Crippen LogP contribution is 2.36. The Kier molecular flexibility index (Phi) is 5.51. The molecule has 0 aliphatic rings. The summed E-state index contributed by atoms with van der Waals surface area (Å²) in [7, 11) is 0. The molecular formula is C22H16F3NO4. The summed E-state index contributed by atoms with van der Waals surface area (Å²) in [6.07, 6.45) is -1.92. The van der Waals surface area contributed by atoms with Crippen LogP contribution in [0.25, 0.3) is 11.0 Å². The fraction of sp³-hybridized carbons (Fsp3) is 0.0909. The summed E-state index contributed by atoms with van der Waals surface area (Å²) in [4.78, 5) is 25.3. The molecule has 0 spiro atoms. The van der Waals surface area contributed by atoms with E-state index in [1.165, 1.54) is 18.2 Å². The number of alkyl halides is 3. The van der Waals surface area contributed by atoms with Gasteiger partial charge in [-0.1, -0.05) is 30.9 Å². The number of aromatic hydroxyl groups is 1. The minimum absolute atomic E-state index is 0.172. The number of nitrogens with zero attached hydrogens (tertiary/aromatic N) is 1. The summed E-state index contributed by atoms with van der Waals surface area (Å²) < 4.78 is 43.2. The van der Waals surface area contributed by atoms with E-state index in [-0.39, 0.29) is 11.0 Å². The molecule has 30 heavy (non-hydrogen) atoms. The second kappa shape index (κ2) is 7.90. The van der Waals surface area contributed by atoms with Crippen molar-refractivity contribution in [2.24, 2.45) is 0 Å². The van der Waals surface area contributed by atoms with Crippen LogP contribution in [0.5, 0.6) is 5.75 Å². The molecule has 8 heteroatoms. The first kappa shape index (κ1) is 20.9. The summed E-state index contributed by atoms with van der Waals surface area (Å²) in [6, 6.07) is 13.3. The minimum atomic E-state index is -5.32. The number of fused-ring (bicyclic) bond motifs is 1. The van der Waals surface area contributed by atoms with Crippen molar-refractivity contribution in [3.05, 3.63) is 88.9 Å². The highest BCUT2D eigenvalue weighted by Gasteiger charge is 2.43. The number of rotatable bonds is 5. The van der Waals surface area contributed by atoms with Gasteiger partial charge in [0.1, 0.15) is 11.3 Å². The van der Waals surface area contributed by atoms with E-state index in [1.54, 1.807) is 24.0 Å². The average molecular weight is 415 g/mol. The number of hydrogen-bond acceptors (Lipinski definition) is 5. The van der Waals surface area contributed by atoms with Gasteiger partial charge in [0.15, 0.2) is 5.56 Å². The molecule has 0 unspecified atom stereocenters. The average Bonchev–Trinajstić information content (AvgIpc) is 2.71. The lowest BCUT2D eigenvalue weighted by Gasteiger charge is -2.26. The molecule has 3 rings (SSSR count). The molecule has 0 amide bonds. The van der Waals surface area contributed by atoms with Crippen LogP contribution in [-0.4, -0.2) is 17.1 Å². The highest BCUT2D eigenvalue weighted by molar-refractivity contribution is 6.06. The molecule has 2 aromatic carbocycles. The van der Waals surface area contributed by atoms with E-state index in [0.29, 0.717) is 11.4 Å². The number of Topliss-reactive ketones (excluding diaryl/α,β-unsaturated/α-hetero) is 1. The number of halogens is 3. The molecule has 154 valence electrons. The Balaban J connectivity index is 2.23. The number of carbonyl (C=O) groups is 1. The lowest BCUT2D eigenvalue weighted by Crippen LogP contribution is -2.28. The van der Waals surface area contributed by atoms with Crippen molar-refractivity contribution >= 4 is 28.1 Å². The Bertz CT molecular complexity index is 1210. The summed E-state index contributed by atoms with van der Waals surface area (Å²) in [5, 5.41) is 10.00. The van der Waals surface area contributed by atoms with Gasteiger partial charge in [-0.05, 0) is 37.3 Å². The van der Waals surface area contributed by atoms with Crippen LogP contribution in [0.2, 0.25) is 0 Å². The molecule has 1 N–H and O–H groups in total. The third-order valence-corrected chi connectivity index (χ3v) is 4.38. The quantitative estimate of drug-likeness (QED) is 0.340. The standard InChI is InChI=1S/C22H16F3NO4/c1-3-13(4-2)26(14-8-6-5-7-9-14)15-10-11-16-17(12-15)30-21(29)18(19(16)27)20(28)22(23,24)25/h3-12,27H,1H2,2H3/b13-4+. The van der Waals surface area contributed by atoms with Crippen molar-refractivity contribution in [3.63, 3.8) is 0 Å². The van der Waals surface area contributed by atoms with Crippen LogP contribution in [0.1, 0.15) is 17.3 Å². The molecule has 0 aliphatic heterocycles. The van der Waals surface area contributed by atoms with E-state index in [9.17, 15) is 27.9 Å². The van der Waals surface area contributed by atoms with Gasteiger partial charge in [0.05, 0.1) is 5.39 Å². The van der Waals surface area contributed by atoms with E-state index in [2.05, 4.69) is 6.58 Å². The highest BCUT2D eigenvalue weighted by atomic mass is 19.4. The van der Waals surface area contributed by atoms with E-state index in [1.807, 2.05) is 30.3 Å². The van der Waals surface area contributed by atoms with Crippen molar-refractivity contribution in [2.45, 2.75) is 13.1 Å². The van der Waals surface area contributed by atoms with Crippen molar-refractivity contribution in [1.82, 2.24) is 0 Å². The maximum absolute atomic E-state index is 12.8. The van der Waals surface area contributed by atoms with E-state index < -0.39 is 28.9 Å². The van der Waals surface area contributed by atoms with Gasteiger partial charge in [0, 0.05) is 23.1 Å². The number of benzene rings is 2. The van der Waals surface area contributed by atoms with Crippen molar-refractivity contribution in [3.8, 4) is 5.75 Å². The monoisotopic (exact) mass is 415 g/mol. The van der Waals surface area contributed by atoms with Gasteiger partial charge in [-0.3, -0.25) is 4.79 Å². The zero-order valence-electron chi connectivity index (χ0n) is 15.7. The third-order valence-electron chi connectivity index (χ3n) is 4.38. The van der Waals surface area contributed by atoms with Gasteiger partial charge in [-0.2, -0.15) is 13.2 Å². The largest absolute Gasteiger partial charge is 0.506 e. The molecule has 0 saturated carbocycles. The summed E-state index contributed by atoms with van der Waals surface area (Å²) in [5.41, 5.74) is -1.24. The van der Waals surface area contributed by atoms with Crippen molar-refractivity contribution < 1.29 is 27.5 Å². The molecule has 3 aromatic rings. The third kappa shape index (κ3) is 3.71. The zero-order chi connectivity index (χ0) is 22.1. The normalized spacial score (nSPS) is 12.1. The fourth-order valence-electron chi connectivity index (χ4n) is 3.02. The Labute approximate surface area is 169 Å². The Hall–Kier alpha value is -3.81. The van der Waals surface area contributed by atoms with Crippen LogP contribution in [0, 0.1) is 0 Å². The van der Waals surface area contributed by atoms with Crippen LogP contribution >= 0.6 is 0 Å². The molecule has 5 nitrogen and oxygen atoms in total. The molecular weight excluding hydrogens is 399 g/mol. The van der Waals surface area contributed by atoms with Gasteiger partial charge < -0.3 is 14.4 Å². The first-order valence-electron chi connectivity index (χ1n) is 8.74. The van der Waals surface area contributed by atoms with E-state index >= 15 is 0 Å². The van der Waals surface area contributed by atoms with Gasteiger partial charge in [0.25, 0.3) is 5.78 Å². The Morgan fingerprint density at radius 3 is 2.37 bits per heavy atom. The number of ketones is 1. The lowest BCUT2D eigenvalue weighted by molar-refractivity contribution is -0.0888. The molecule has 0 saturated heterocycles. The molecule has 1 heterocycles. The Morgan fingerprint density at radius 1 is 1.13 bits per heavy atom. The van der Waals surface area contributed by atoms with Crippen LogP contribution in [-0.2, 0) is 0 Å². The second-order valence-electron chi connectivity index (χ2n) is 6.21. The zero-order valence-corrected chi connectivity index (χ0v) is 15.7. The first-order chi connectivity index (χ1) is 14.2. The van der Waals surface area contributed by atoms with Crippen molar-refractivity contribution in [2.75, 3.05) is 4.90 Å². The van der Waals surface area contributed by atoms with Gasteiger partial charge in [0.2, 0.25) is 0 Å². The maximum atomic E-state index is 12.8. The number of allylic oxidation sites excluding steroid dienone is 2. The molecule has 0 radical (unpaired) electrons. The number of carbonyl (C=O) groups excluding carboxylic acids is 1. The number of para-hydroxylation sites is 1. The Morgan fingerprint density at radius 2 is 1.80 bits per heavy atom. The summed E-state index contributed by atoms with van der Waals surface area (Å²) >= 11 is 0. The molecule has 0 aliphatic carbocycles. The van der Waals surface area contributed by atoms with Crippen LogP contribution in [0.3, 0.4) is 0 Å². The maximum Gasteiger partial charge on any atom is 0.455 e. The van der Waals surface area contributed by atoms with Crippen LogP contribution < -0.4 is 10.5 Å². The van der Waals surface area contributed by atoms with Crippen LogP contribution in [0.4, 0.5) is 24.5 Å². The first-order valence-corrected chi connectivity index (χ1v) is 8.74. The number of anilines is 2. The molecule has 0 atom stereocenters. The van der Waals surface area contributed by atoms with Crippen LogP contribution in [0.15, 0.2) is 82.2 Å². The smallest absolute Gasteiger partial charge is 0.455 e. The molecule has 1 aromatic heterocycles. The van der Waals surface area contributed by atoms with Gasteiger partial charge in [-0.15, -0.1) is 0 Å². The van der Waals surface area contributed by atoms with E-state index in [0.717, 1.165) is 5.69 Å². The summed E-state index contributed by atoms with van der Waals surface area (Å²) in [5.74, 6) is -3.54. The summed E-state index contributed by atoms with van der Waals surface area (Å²) in [6.45, 7) is 5.58. The number of hydrogen-bond donors (Lipinski definition) is 1.